The number of benzene rings is 2. The van der Waals surface area contributed by atoms with Crippen molar-refractivity contribution < 1.29 is 23.8 Å². The van der Waals surface area contributed by atoms with Crippen LogP contribution in [0.2, 0.25) is 0 Å². The van der Waals surface area contributed by atoms with Gasteiger partial charge >= 0.3 is 11.9 Å². The van der Waals surface area contributed by atoms with Gasteiger partial charge in [0.2, 0.25) is 0 Å². The van der Waals surface area contributed by atoms with Crippen LogP contribution in [0.15, 0.2) is 59.3 Å². The van der Waals surface area contributed by atoms with Crippen molar-refractivity contribution in [2.75, 3.05) is 6.61 Å². The number of carbonyl (C=O) groups excluding carboxylic acids is 1. The number of amides is 1. The zero-order valence-electron chi connectivity index (χ0n) is 13.9. The lowest BCUT2D eigenvalue weighted by molar-refractivity contribution is -0.139. The van der Waals surface area contributed by atoms with E-state index in [4.69, 9.17) is 14.3 Å². The molecule has 0 spiro atoms. The normalized spacial score (nSPS) is 11.1. The van der Waals surface area contributed by atoms with Crippen LogP contribution in [0.3, 0.4) is 0 Å². The smallest absolute Gasteiger partial charge is 0.341 e. The molecule has 144 valence electrons. The molecule has 0 aliphatic rings. The fraction of sp³-hybridized carbons (Fsp3) is 0.0556. The van der Waals surface area contributed by atoms with Gasteiger partial charge in [0.05, 0.1) is 15.2 Å². The van der Waals surface area contributed by atoms with E-state index in [0.29, 0.717) is 25.8 Å². The van der Waals surface area contributed by atoms with Gasteiger partial charge in [-0.3, -0.25) is 4.79 Å². The summed E-state index contributed by atoms with van der Waals surface area (Å²) < 4.78 is 12.7. The maximum absolute atomic E-state index is 12.2. The monoisotopic (exact) mass is 572 g/mol. The summed E-state index contributed by atoms with van der Waals surface area (Å²) in [6, 6.07) is 10.4. The van der Waals surface area contributed by atoms with E-state index >= 15 is 0 Å². The van der Waals surface area contributed by atoms with Crippen LogP contribution in [0.25, 0.3) is 11.0 Å². The van der Waals surface area contributed by atoms with Gasteiger partial charge in [-0.05, 0) is 73.8 Å². The molecule has 0 unspecified atom stereocenters. The minimum Gasteiger partial charge on any atom is -0.480 e. The van der Waals surface area contributed by atoms with Crippen molar-refractivity contribution in [2.24, 2.45) is 5.10 Å². The minimum absolute atomic E-state index is 0.144. The predicted molar refractivity (Wildman–Crippen MR) is 114 cm³/mol. The Kier molecular flexibility index (Phi) is 6.53. The zero-order chi connectivity index (χ0) is 20.3. The predicted octanol–water partition coefficient (Wildman–Crippen LogP) is 4.95. The molecule has 3 rings (SSSR count). The average molecular weight is 575 g/mol. The summed E-state index contributed by atoms with van der Waals surface area (Å²) in [4.78, 5) is 22.8. The highest BCUT2D eigenvalue weighted by atomic mass is 79.9. The van der Waals surface area contributed by atoms with Gasteiger partial charge in [0.15, 0.2) is 12.4 Å². The van der Waals surface area contributed by atoms with E-state index in [1.54, 1.807) is 24.3 Å². The Labute approximate surface area is 184 Å². The second-order valence-electron chi connectivity index (χ2n) is 5.49. The van der Waals surface area contributed by atoms with Crippen LogP contribution in [0.1, 0.15) is 16.1 Å². The van der Waals surface area contributed by atoms with Crippen LogP contribution >= 0.6 is 47.8 Å². The summed E-state index contributed by atoms with van der Waals surface area (Å²) in [5, 5.41) is 13.4. The van der Waals surface area contributed by atoms with Crippen LogP contribution in [0.5, 0.6) is 5.75 Å². The minimum atomic E-state index is -1.08. The molecule has 28 heavy (non-hydrogen) atoms. The first-order chi connectivity index (χ1) is 13.3. The Balaban J connectivity index is 1.69. The van der Waals surface area contributed by atoms with E-state index in [1.165, 1.54) is 6.21 Å². The van der Waals surface area contributed by atoms with Gasteiger partial charge in [-0.15, -0.1) is 0 Å². The van der Waals surface area contributed by atoms with E-state index in [2.05, 4.69) is 58.3 Å². The Bertz CT molecular complexity index is 1070. The fourth-order valence-electron chi connectivity index (χ4n) is 2.27. The van der Waals surface area contributed by atoms with Crippen LogP contribution < -0.4 is 10.2 Å². The number of carboxylic acids is 1. The third-order valence-corrected chi connectivity index (χ3v) is 5.11. The summed E-state index contributed by atoms with van der Waals surface area (Å²) >= 11 is 10.00. The quantitative estimate of drug-likeness (QED) is 0.321. The van der Waals surface area contributed by atoms with Gasteiger partial charge in [0.1, 0.15) is 11.3 Å². The SMILES string of the molecule is O=C(O)COc1c(Br)cc(/C=N/NC(=O)c2cc3cc(Br)ccc3o2)cc1Br. The zero-order valence-corrected chi connectivity index (χ0v) is 18.7. The molecule has 1 amide bonds. The van der Waals surface area contributed by atoms with E-state index in [1.807, 2.05) is 12.1 Å². The van der Waals surface area contributed by atoms with Gasteiger partial charge in [-0.25, -0.2) is 10.2 Å². The number of hydrazone groups is 1. The first-order valence-corrected chi connectivity index (χ1v) is 10.1. The summed E-state index contributed by atoms with van der Waals surface area (Å²) in [7, 11) is 0. The Hall–Kier alpha value is -2.17. The molecule has 0 fully saturated rings. The molecule has 1 aromatic heterocycles. The summed E-state index contributed by atoms with van der Waals surface area (Å²) in [6.07, 6.45) is 1.44. The van der Waals surface area contributed by atoms with Gasteiger partial charge in [0.25, 0.3) is 0 Å². The average Bonchev–Trinajstić information content (AvgIpc) is 3.04. The fourth-order valence-corrected chi connectivity index (χ4v) is 4.10. The van der Waals surface area contributed by atoms with Crippen LogP contribution in [0, 0.1) is 0 Å². The van der Waals surface area contributed by atoms with E-state index in [0.717, 1.165) is 9.86 Å². The second kappa shape index (κ2) is 8.89. The summed E-state index contributed by atoms with van der Waals surface area (Å²) in [5.74, 6) is -1.06. The third-order valence-electron chi connectivity index (χ3n) is 3.44. The molecular formula is C18H11Br3N2O5. The number of carbonyl (C=O) groups is 2. The highest BCUT2D eigenvalue weighted by molar-refractivity contribution is 9.11. The highest BCUT2D eigenvalue weighted by Crippen LogP contribution is 2.34. The number of ether oxygens (including phenoxy) is 1. The number of hydrogen-bond acceptors (Lipinski definition) is 5. The number of nitrogens with one attached hydrogen (secondary N) is 1. The largest absolute Gasteiger partial charge is 0.480 e. The molecule has 7 nitrogen and oxygen atoms in total. The molecular weight excluding hydrogens is 564 g/mol. The van der Waals surface area contributed by atoms with Crippen molar-refractivity contribution in [1.29, 1.82) is 0 Å². The van der Waals surface area contributed by atoms with Crippen molar-refractivity contribution >= 4 is 76.9 Å². The maximum Gasteiger partial charge on any atom is 0.341 e. The first kappa shape index (κ1) is 20.6. The lowest BCUT2D eigenvalue weighted by Crippen LogP contribution is -2.16. The molecule has 0 aliphatic heterocycles. The molecule has 2 N–H and O–H groups in total. The van der Waals surface area contributed by atoms with E-state index < -0.39 is 18.5 Å². The topological polar surface area (TPSA) is 101 Å². The van der Waals surface area contributed by atoms with E-state index in [-0.39, 0.29) is 5.76 Å². The van der Waals surface area contributed by atoms with Crippen molar-refractivity contribution in [3.05, 3.63) is 61.1 Å². The molecule has 3 aromatic rings. The van der Waals surface area contributed by atoms with Gasteiger partial charge in [0, 0.05) is 9.86 Å². The highest BCUT2D eigenvalue weighted by Gasteiger charge is 2.12. The second-order valence-corrected chi connectivity index (χ2v) is 8.11. The van der Waals surface area contributed by atoms with Gasteiger partial charge < -0.3 is 14.3 Å². The molecule has 0 atom stereocenters. The molecule has 0 radical (unpaired) electrons. The molecule has 0 bridgehead atoms. The lowest BCUT2D eigenvalue weighted by Gasteiger charge is -2.09. The molecule has 0 saturated heterocycles. The van der Waals surface area contributed by atoms with Crippen molar-refractivity contribution in [2.45, 2.75) is 0 Å². The molecule has 1 heterocycles. The van der Waals surface area contributed by atoms with Crippen molar-refractivity contribution in [1.82, 2.24) is 5.43 Å². The molecule has 0 aliphatic carbocycles. The lowest BCUT2D eigenvalue weighted by atomic mass is 10.2. The number of rotatable bonds is 6. The molecule has 2 aromatic carbocycles. The summed E-state index contributed by atoms with van der Waals surface area (Å²) in [5.41, 5.74) is 3.65. The standard InChI is InChI=1S/C18H11Br3N2O5/c19-11-1-2-14-10(5-11)6-15(28-14)18(26)23-22-7-9-3-12(20)17(13(21)4-9)27-8-16(24)25/h1-7H,8H2,(H,23,26)(H,24,25)/b22-7+. The molecule has 10 heteroatoms. The Morgan fingerprint density at radius 1 is 1.14 bits per heavy atom. The van der Waals surface area contributed by atoms with Crippen LogP contribution in [-0.2, 0) is 4.79 Å². The summed E-state index contributed by atoms with van der Waals surface area (Å²) in [6.45, 7) is -0.464. The maximum atomic E-state index is 12.2. The van der Waals surface area contributed by atoms with E-state index in [9.17, 15) is 9.59 Å². The molecule has 0 saturated carbocycles. The first-order valence-electron chi connectivity index (χ1n) is 7.69. The number of halogens is 3. The van der Waals surface area contributed by atoms with Gasteiger partial charge in [-0.1, -0.05) is 15.9 Å². The number of hydrogen-bond donors (Lipinski definition) is 2. The third kappa shape index (κ3) is 5.00. The van der Waals surface area contributed by atoms with Gasteiger partial charge in [-0.2, -0.15) is 5.10 Å². The number of fused-ring (bicyclic) bond motifs is 1. The van der Waals surface area contributed by atoms with Crippen LogP contribution in [-0.4, -0.2) is 29.8 Å². The Morgan fingerprint density at radius 2 is 1.86 bits per heavy atom. The van der Waals surface area contributed by atoms with Crippen molar-refractivity contribution in [3.63, 3.8) is 0 Å². The number of aliphatic carboxylic acids is 1. The Morgan fingerprint density at radius 3 is 2.54 bits per heavy atom. The van der Waals surface area contributed by atoms with Crippen molar-refractivity contribution in [3.8, 4) is 5.75 Å². The van der Waals surface area contributed by atoms with Crippen LogP contribution in [0.4, 0.5) is 0 Å². The number of nitrogens with zero attached hydrogens (tertiary/aromatic N) is 1. The number of carboxylic acid groups (broad SMARTS) is 1. The number of furan rings is 1.